The summed E-state index contributed by atoms with van der Waals surface area (Å²) < 4.78 is 0. The van der Waals surface area contributed by atoms with Crippen LogP contribution < -0.4 is 4.90 Å². The molecule has 0 spiro atoms. The smallest absolute Gasteiger partial charge is 0.270 e. The van der Waals surface area contributed by atoms with Gasteiger partial charge in [0.1, 0.15) is 0 Å². The Kier molecular flexibility index (Phi) is 4.40. The molecule has 1 saturated heterocycles. The van der Waals surface area contributed by atoms with E-state index in [1.807, 2.05) is 19.1 Å². The number of nitro benzene ring substituents is 1. The molecular weight excluding hydrogens is 366 g/mol. The van der Waals surface area contributed by atoms with Crippen LogP contribution in [0.15, 0.2) is 36.4 Å². The van der Waals surface area contributed by atoms with Gasteiger partial charge in [-0.25, -0.2) is 0 Å². The molecule has 2 aromatic carbocycles. The molecule has 4 rings (SSSR count). The molecule has 2 aliphatic rings. The zero-order valence-electron chi connectivity index (χ0n) is 15.2. The summed E-state index contributed by atoms with van der Waals surface area (Å²) in [5, 5.41) is 11.4. The van der Waals surface area contributed by atoms with Crippen molar-refractivity contribution in [3.05, 3.63) is 68.2 Å². The number of nitrogens with zero attached hydrogens (tertiary/aromatic N) is 3. The Morgan fingerprint density at radius 2 is 2.04 bits per heavy atom. The van der Waals surface area contributed by atoms with Gasteiger partial charge in [-0.3, -0.25) is 14.9 Å². The molecular formula is C20H20ClN3O3. The van der Waals surface area contributed by atoms with E-state index in [0.29, 0.717) is 0 Å². The largest absolute Gasteiger partial charge is 0.306 e. The number of piperidine rings is 1. The Hall–Kier alpha value is -2.44. The van der Waals surface area contributed by atoms with Crippen molar-refractivity contribution >= 4 is 28.9 Å². The van der Waals surface area contributed by atoms with Crippen LogP contribution in [0.5, 0.6) is 0 Å². The lowest BCUT2D eigenvalue weighted by atomic mass is 9.88. The highest BCUT2D eigenvalue weighted by molar-refractivity contribution is 6.34. The minimum atomic E-state index is -0.507. The third kappa shape index (κ3) is 2.99. The number of hydrogen-bond donors (Lipinski definition) is 0. The molecule has 0 unspecified atom stereocenters. The first-order chi connectivity index (χ1) is 12.9. The zero-order valence-corrected chi connectivity index (χ0v) is 15.9. The lowest BCUT2D eigenvalue weighted by molar-refractivity contribution is -0.384. The van der Waals surface area contributed by atoms with E-state index in [-0.39, 0.29) is 34.1 Å². The van der Waals surface area contributed by atoms with Crippen molar-refractivity contribution in [2.45, 2.75) is 25.3 Å². The molecule has 2 aromatic rings. The molecule has 2 atom stereocenters. The maximum absolute atomic E-state index is 13.4. The number of non-ortho nitro benzene ring substituents is 1. The number of carbonyl (C=O) groups is 1. The predicted molar refractivity (Wildman–Crippen MR) is 105 cm³/mol. The lowest BCUT2D eigenvalue weighted by Crippen LogP contribution is -2.47. The number of amides is 1. The molecule has 0 N–H and O–H groups in total. The quantitative estimate of drug-likeness (QED) is 0.578. The first kappa shape index (κ1) is 17.9. The predicted octanol–water partition coefficient (Wildman–Crippen LogP) is 4.00. The fourth-order valence-electron chi connectivity index (χ4n) is 4.27. The third-order valence-electron chi connectivity index (χ3n) is 5.56. The van der Waals surface area contributed by atoms with Crippen LogP contribution in [-0.4, -0.2) is 41.9 Å². The van der Waals surface area contributed by atoms with Crippen molar-refractivity contribution in [1.82, 2.24) is 4.90 Å². The molecule has 1 amide bonds. The number of anilines is 1. The van der Waals surface area contributed by atoms with E-state index in [9.17, 15) is 14.9 Å². The van der Waals surface area contributed by atoms with Crippen LogP contribution in [0.1, 0.15) is 33.8 Å². The maximum atomic E-state index is 13.4. The molecule has 0 bridgehead atoms. The average Bonchev–Trinajstić information content (AvgIpc) is 2.94. The molecule has 0 saturated carbocycles. The van der Waals surface area contributed by atoms with E-state index in [4.69, 9.17) is 11.6 Å². The molecule has 27 heavy (non-hydrogen) atoms. The molecule has 6 nitrogen and oxygen atoms in total. The molecule has 2 heterocycles. The van der Waals surface area contributed by atoms with Gasteiger partial charge in [0.15, 0.2) is 0 Å². The van der Waals surface area contributed by atoms with Gasteiger partial charge < -0.3 is 9.80 Å². The standard InChI is InChI=1S/C20H20ClN3O3/c1-12-3-6-18-14(9-12)16-11-22(2)8-7-19(16)23(18)20(25)15-10-13(24(26)27)4-5-17(15)21/h3-6,9-10,16,19H,7-8,11H2,1-2H3/t16-,19-/m1/s1. The fourth-order valence-corrected chi connectivity index (χ4v) is 4.47. The molecule has 0 radical (unpaired) electrons. The minimum absolute atomic E-state index is 0.0424. The number of halogens is 1. The summed E-state index contributed by atoms with van der Waals surface area (Å²) in [5.41, 5.74) is 3.26. The number of hydrogen-bond acceptors (Lipinski definition) is 4. The van der Waals surface area contributed by atoms with E-state index in [0.717, 1.165) is 30.8 Å². The Labute approximate surface area is 162 Å². The second-order valence-electron chi connectivity index (χ2n) is 7.38. The molecule has 140 valence electrons. The van der Waals surface area contributed by atoms with Crippen LogP contribution in [0.3, 0.4) is 0 Å². The van der Waals surface area contributed by atoms with Gasteiger partial charge in [0.2, 0.25) is 0 Å². The molecule has 0 aromatic heterocycles. The number of carbonyl (C=O) groups excluding carboxylic acids is 1. The summed E-state index contributed by atoms with van der Waals surface area (Å²) in [5.74, 6) is -0.0362. The Bertz CT molecular complexity index is 946. The van der Waals surface area contributed by atoms with E-state index in [1.165, 1.54) is 23.8 Å². The number of likely N-dealkylation sites (N-methyl/N-ethyl adjacent to an activating group) is 1. The fraction of sp³-hybridized carbons (Fsp3) is 0.350. The van der Waals surface area contributed by atoms with Gasteiger partial charge in [-0.15, -0.1) is 0 Å². The summed E-state index contributed by atoms with van der Waals surface area (Å²) in [4.78, 5) is 28.1. The van der Waals surface area contributed by atoms with Crippen molar-refractivity contribution in [3.8, 4) is 0 Å². The number of aryl methyl sites for hydroxylation is 1. The average molecular weight is 386 g/mol. The van der Waals surface area contributed by atoms with Crippen molar-refractivity contribution in [2.24, 2.45) is 0 Å². The van der Waals surface area contributed by atoms with E-state index in [2.05, 4.69) is 18.0 Å². The van der Waals surface area contributed by atoms with Gasteiger partial charge >= 0.3 is 0 Å². The van der Waals surface area contributed by atoms with Crippen LogP contribution in [0.4, 0.5) is 11.4 Å². The van der Waals surface area contributed by atoms with Crippen LogP contribution >= 0.6 is 11.6 Å². The van der Waals surface area contributed by atoms with Crippen molar-refractivity contribution < 1.29 is 9.72 Å². The summed E-state index contributed by atoms with van der Waals surface area (Å²) in [6.07, 6.45) is 0.854. The number of benzene rings is 2. The Morgan fingerprint density at radius 1 is 1.26 bits per heavy atom. The third-order valence-corrected chi connectivity index (χ3v) is 5.89. The molecule has 7 heteroatoms. The van der Waals surface area contributed by atoms with Gasteiger partial charge in [-0.2, -0.15) is 0 Å². The van der Waals surface area contributed by atoms with Gasteiger partial charge in [0, 0.05) is 36.3 Å². The van der Waals surface area contributed by atoms with Crippen molar-refractivity contribution in [1.29, 1.82) is 0 Å². The monoisotopic (exact) mass is 385 g/mol. The van der Waals surface area contributed by atoms with Crippen LogP contribution in [0.2, 0.25) is 5.02 Å². The number of fused-ring (bicyclic) bond motifs is 3. The normalized spacial score (nSPS) is 21.7. The van der Waals surface area contributed by atoms with Gasteiger partial charge in [-0.1, -0.05) is 29.3 Å². The SMILES string of the molecule is Cc1ccc2c(c1)[C@H]1CN(C)CC[C@H]1N2C(=O)c1cc([N+](=O)[O-])ccc1Cl. The van der Waals surface area contributed by atoms with Crippen LogP contribution in [0, 0.1) is 17.0 Å². The molecule has 1 fully saturated rings. The van der Waals surface area contributed by atoms with E-state index < -0.39 is 4.92 Å². The second kappa shape index (κ2) is 6.62. The van der Waals surface area contributed by atoms with Crippen molar-refractivity contribution in [2.75, 3.05) is 25.0 Å². The molecule has 0 aliphatic carbocycles. The molecule has 2 aliphatic heterocycles. The summed E-state index contributed by atoms with van der Waals surface area (Å²) >= 11 is 6.25. The van der Waals surface area contributed by atoms with E-state index >= 15 is 0 Å². The first-order valence-corrected chi connectivity index (χ1v) is 9.31. The highest BCUT2D eigenvalue weighted by Gasteiger charge is 2.44. The first-order valence-electron chi connectivity index (χ1n) is 8.93. The second-order valence-corrected chi connectivity index (χ2v) is 7.79. The highest BCUT2D eigenvalue weighted by atomic mass is 35.5. The van der Waals surface area contributed by atoms with Crippen LogP contribution in [0.25, 0.3) is 0 Å². The summed E-state index contributed by atoms with van der Waals surface area (Å²) in [6.45, 7) is 3.83. The number of likely N-dealkylation sites (tertiary alicyclic amines) is 1. The van der Waals surface area contributed by atoms with Crippen LogP contribution in [-0.2, 0) is 0 Å². The van der Waals surface area contributed by atoms with Gasteiger partial charge in [0.25, 0.3) is 11.6 Å². The Morgan fingerprint density at radius 3 is 2.78 bits per heavy atom. The number of rotatable bonds is 2. The lowest BCUT2D eigenvalue weighted by Gasteiger charge is -2.36. The highest BCUT2D eigenvalue weighted by Crippen LogP contribution is 2.46. The van der Waals surface area contributed by atoms with Gasteiger partial charge in [-0.05, 0) is 44.6 Å². The van der Waals surface area contributed by atoms with Crippen molar-refractivity contribution in [3.63, 3.8) is 0 Å². The summed E-state index contributed by atoms with van der Waals surface area (Å²) in [7, 11) is 2.09. The zero-order chi connectivity index (χ0) is 19.3. The Balaban J connectivity index is 1.80. The van der Waals surface area contributed by atoms with Gasteiger partial charge in [0.05, 0.1) is 15.5 Å². The summed E-state index contributed by atoms with van der Waals surface area (Å²) in [6, 6.07) is 10.2. The topological polar surface area (TPSA) is 66.7 Å². The minimum Gasteiger partial charge on any atom is -0.306 e. The number of nitro groups is 1. The van der Waals surface area contributed by atoms with E-state index in [1.54, 1.807) is 4.90 Å². The maximum Gasteiger partial charge on any atom is 0.270 e.